The van der Waals surface area contributed by atoms with Crippen molar-refractivity contribution in [2.45, 2.75) is 6.54 Å². The summed E-state index contributed by atoms with van der Waals surface area (Å²) >= 11 is 13.5. The smallest absolute Gasteiger partial charge is 0.277 e. The lowest BCUT2D eigenvalue weighted by atomic mass is 10.2. The fraction of sp³-hybridized carbons (Fsp3) is 0.0909. The number of halogens is 2. The Morgan fingerprint density at radius 3 is 2.72 bits per heavy atom. The number of carbonyl (C=O) groups excluding carboxylic acids is 1. The number of hydrogen-bond donors (Lipinski definition) is 1. The topological polar surface area (TPSA) is 86.1 Å². The number of aromatic nitrogens is 3. The lowest BCUT2D eigenvalue weighted by molar-refractivity contribution is 0.101. The van der Waals surface area contributed by atoms with Crippen LogP contribution in [0.4, 0.5) is 5.13 Å². The molecule has 0 fully saturated rings. The molecule has 7 nitrogen and oxygen atoms in total. The van der Waals surface area contributed by atoms with E-state index < -0.39 is 5.91 Å². The van der Waals surface area contributed by atoms with Gasteiger partial charge >= 0.3 is 0 Å². The van der Waals surface area contributed by atoms with Crippen LogP contribution in [0.3, 0.4) is 0 Å². The van der Waals surface area contributed by atoms with Gasteiger partial charge in [0.1, 0.15) is 18.1 Å². The molecular formula is C22H16Cl2N4O3S. The maximum absolute atomic E-state index is 12.6. The Balaban J connectivity index is 1.43. The van der Waals surface area contributed by atoms with Gasteiger partial charge in [-0.3, -0.25) is 14.9 Å². The molecule has 2 heterocycles. The predicted octanol–water partition coefficient (Wildman–Crippen LogP) is 5.00. The largest absolute Gasteiger partial charge is 0.492 e. The van der Waals surface area contributed by atoms with Crippen molar-refractivity contribution in [3.63, 3.8) is 0 Å². The molecule has 2 aromatic heterocycles. The van der Waals surface area contributed by atoms with Crippen molar-refractivity contribution in [1.29, 1.82) is 0 Å². The third-order valence-electron chi connectivity index (χ3n) is 4.34. The third kappa shape index (κ3) is 5.34. The minimum atomic E-state index is -0.485. The first kappa shape index (κ1) is 22.0. The Hall–Kier alpha value is -3.20. The number of amides is 1. The van der Waals surface area contributed by atoms with Gasteiger partial charge in [0.15, 0.2) is 5.13 Å². The number of rotatable bonds is 7. The number of hydrogen-bond acceptors (Lipinski definition) is 6. The second-order valence-electron chi connectivity index (χ2n) is 6.56. The number of nitrogens with zero attached hydrogens (tertiary/aromatic N) is 3. The number of para-hydroxylation sites is 1. The standard InChI is InChI=1S/C22H16Cl2N4O3S/c23-14-6-7-17(24)16(12-14)19-13-32-22(25-19)26-21(30)18-8-9-20(29)28(27-18)10-11-31-15-4-2-1-3-5-15/h1-9,12-13H,10-11H2,(H,25,26,30). The van der Waals surface area contributed by atoms with Crippen molar-refractivity contribution in [1.82, 2.24) is 14.8 Å². The number of ether oxygens (including phenoxy) is 1. The van der Waals surface area contributed by atoms with Gasteiger partial charge in [-0.25, -0.2) is 9.67 Å². The Labute approximate surface area is 197 Å². The zero-order valence-electron chi connectivity index (χ0n) is 16.5. The van der Waals surface area contributed by atoms with E-state index >= 15 is 0 Å². The number of benzene rings is 2. The van der Waals surface area contributed by atoms with E-state index in [9.17, 15) is 9.59 Å². The van der Waals surface area contributed by atoms with Gasteiger partial charge in [0, 0.05) is 22.0 Å². The maximum Gasteiger partial charge on any atom is 0.277 e. The van der Waals surface area contributed by atoms with E-state index in [1.807, 2.05) is 30.3 Å². The van der Waals surface area contributed by atoms with Crippen molar-refractivity contribution in [3.8, 4) is 17.0 Å². The van der Waals surface area contributed by atoms with Crippen molar-refractivity contribution in [2.24, 2.45) is 0 Å². The van der Waals surface area contributed by atoms with Crippen LogP contribution in [0.25, 0.3) is 11.3 Å². The van der Waals surface area contributed by atoms with Crippen LogP contribution >= 0.6 is 34.5 Å². The van der Waals surface area contributed by atoms with Crippen LogP contribution in [0.15, 0.2) is 70.8 Å². The van der Waals surface area contributed by atoms with E-state index in [0.717, 1.165) is 0 Å². The van der Waals surface area contributed by atoms with Gasteiger partial charge in [-0.2, -0.15) is 5.10 Å². The van der Waals surface area contributed by atoms with Gasteiger partial charge in [-0.05, 0) is 36.4 Å². The fourth-order valence-corrected chi connectivity index (χ4v) is 3.90. The normalized spacial score (nSPS) is 10.7. The van der Waals surface area contributed by atoms with E-state index in [1.165, 1.54) is 28.2 Å². The van der Waals surface area contributed by atoms with E-state index in [-0.39, 0.29) is 24.4 Å². The van der Waals surface area contributed by atoms with Gasteiger partial charge in [-0.1, -0.05) is 41.4 Å². The minimum Gasteiger partial charge on any atom is -0.492 e. The van der Waals surface area contributed by atoms with Crippen LogP contribution in [-0.2, 0) is 6.54 Å². The molecule has 10 heteroatoms. The molecule has 2 aromatic carbocycles. The van der Waals surface area contributed by atoms with Crippen LogP contribution in [0, 0.1) is 0 Å². The number of nitrogens with one attached hydrogen (secondary N) is 1. The molecule has 1 N–H and O–H groups in total. The maximum atomic E-state index is 12.6. The van der Waals surface area contributed by atoms with E-state index in [4.69, 9.17) is 27.9 Å². The highest BCUT2D eigenvalue weighted by Gasteiger charge is 2.14. The molecule has 162 valence electrons. The summed E-state index contributed by atoms with van der Waals surface area (Å²) in [5, 5.41) is 10.0. The molecule has 0 bridgehead atoms. The highest BCUT2D eigenvalue weighted by molar-refractivity contribution is 7.14. The quantitative estimate of drug-likeness (QED) is 0.396. The molecule has 0 saturated carbocycles. The molecule has 0 radical (unpaired) electrons. The average Bonchev–Trinajstić information content (AvgIpc) is 3.25. The highest BCUT2D eigenvalue weighted by atomic mass is 35.5. The van der Waals surface area contributed by atoms with Gasteiger partial charge in [0.2, 0.25) is 0 Å². The Morgan fingerprint density at radius 1 is 1.09 bits per heavy atom. The summed E-state index contributed by atoms with van der Waals surface area (Å²) in [6, 6.07) is 17.0. The van der Waals surface area contributed by atoms with Gasteiger partial charge < -0.3 is 4.74 Å². The molecule has 0 unspecified atom stereocenters. The summed E-state index contributed by atoms with van der Waals surface area (Å²) in [5.41, 5.74) is 1.02. The van der Waals surface area contributed by atoms with Crippen molar-refractivity contribution in [3.05, 3.63) is 92.1 Å². The number of thiazole rings is 1. The zero-order valence-corrected chi connectivity index (χ0v) is 18.8. The first-order valence-corrected chi connectivity index (χ1v) is 11.1. The summed E-state index contributed by atoms with van der Waals surface area (Å²) in [7, 11) is 0. The lowest BCUT2D eigenvalue weighted by Gasteiger charge is -2.08. The molecule has 0 saturated heterocycles. The SMILES string of the molecule is O=C(Nc1nc(-c2cc(Cl)ccc2Cl)cs1)c1ccc(=O)n(CCOc2ccccc2)n1. The fourth-order valence-electron chi connectivity index (χ4n) is 2.81. The molecule has 4 aromatic rings. The van der Waals surface area contributed by atoms with Gasteiger partial charge in [-0.15, -0.1) is 11.3 Å². The van der Waals surface area contributed by atoms with Gasteiger partial charge in [0.25, 0.3) is 11.5 Å². The molecule has 4 rings (SSSR count). The Morgan fingerprint density at radius 2 is 1.91 bits per heavy atom. The number of anilines is 1. The first-order chi connectivity index (χ1) is 15.5. The van der Waals surface area contributed by atoms with E-state index in [0.29, 0.717) is 32.2 Å². The lowest BCUT2D eigenvalue weighted by Crippen LogP contribution is -2.28. The summed E-state index contributed by atoms with van der Waals surface area (Å²) in [4.78, 5) is 29.1. The van der Waals surface area contributed by atoms with Crippen LogP contribution < -0.4 is 15.6 Å². The first-order valence-electron chi connectivity index (χ1n) is 9.48. The van der Waals surface area contributed by atoms with Crippen LogP contribution in [0.1, 0.15) is 10.5 Å². The minimum absolute atomic E-state index is 0.0850. The van der Waals surface area contributed by atoms with Crippen molar-refractivity contribution in [2.75, 3.05) is 11.9 Å². The van der Waals surface area contributed by atoms with E-state index in [1.54, 1.807) is 23.6 Å². The molecular weight excluding hydrogens is 471 g/mol. The average molecular weight is 487 g/mol. The summed E-state index contributed by atoms with van der Waals surface area (Å²) in [6.07, 6.45) is 0. The van der Waals surface area contributed by atoms with Crippen molar-refractivity contribution >= 4 is 45.6 Å². The second-order valence-corrected chi connectivity index (χ2v) is 8.26. The summed E-state index contributed by atoms with van der Waals surface area (Å²) < 4.78 is 6.79. The molecule has 32 heavy (non-hydrogen) atoms. The molecule has 0 atom stereocenters. The third-order valence-corrected chi connectivity index (χ3v) is 5.67. The summed E-state index contributed by atoms with van der Waals surface area (Å²) in [6.45, 7) is 0.432. The van der Waals surface area contributed by atoms with Gasteiger partial charge in [0.05, 0.1) is 17.3 Å². The Bertz CT molecular complexity index is 1310. The van der Waals surface area contributed by atoms with Crippen LogP contribution in [0.5, 0.6) is 5.75 Å². The molecule has 0 spiro atoms. The van der Waals surface area contributed by atoms with Crippen molar-refractivity contribution < 1.29 is 9.53 Å². The molecule has 0 aliphatic rings. The second kappa shape index (κ2) is 9.95. The molecule has 0 aliphatic heterocycles. The zero-order chi connectivity index (χ0) is 22.5. The number of carbonyl (C=O) groups is 1. The predicted molar refractivity (Wildman–Crippen MR) is 126 cm³/mol. The molecule has 1 amide bonds. The van der Waals surface area contributed by atoms with Crippen LogP contribution in [-0.4, -0.2) is 27.3 Å². The Kier molecular flexibility index (Phi) is 6.84. The summed E-state index contributed by atoms with van der Waals surface area (Å²) in [5.74, 6) is 0.203. The van der Waals surface area contributed by atoms with Crippen LogP contribution in [0.2, 0.25) is 10.0 Å². The van der Waals surface area contributed by atoms with E-state index in [2.05, 4.69) is 15.4 Å². The highest BCUT2D eigenvalue weighted by Crippen LogP contribution is 2.32. The molecule has 0 aliphatic carbocycles. The monoisotopic (exact) mass is 486 g/mol.